The first-order valence-corrected chi connectivity index (χ1v) is 8.79. The van der Waals surface area contributed by atoms with E-state index in [1.807, 2.05) is 0 Å². The molecule has 4 rings (SSSR count). The Kier molecular flexibility index (Phi) is 6.41. The monoisotopic (exact) mass is 318 g/mol. The van der Waals surface area contributed by atoms with E-state index in [2.05, 4.69) is 95.6 Å². The van der Waals surface area contributed by atoms with E-state index < -0.39 is 0 Å². The van der Waals surface area contributed by atoms with Crippen LogP contribution in [0.3, 0.4) is 0 Å². The minimum atomic E-state index is 0.524. The van der Waals surface area contributed by atoms with Crippen LogP contribution in [0.25, 0.3) is 0 Å². The van der Waals surface area contributed by atoms with Crippen molar-refractivity contribution in [2.24, 2.45) is 0 Å². The molecule has 2 atom stereocenters. The van der Waals surface area contributed by atoms with Gasteiger partial charge in [-0.3, -0.25) is 0 Å². The zero-order valence-electron chi connectivity index (χ0n) is 14.1. The Hall–Kier alpha value is -2.16. The molecule has 2 nitrogen and oxygen atoms in total. The summed E-state index contributed by atoms with van der Waals surface area (Å²) in [5.41, 5.74) is 2.79. The lowest BCUT2D eigenvalue weighted by Crippen LogP contribution is -2.24. The molecular weight excluding hydrogens is 292 g/mol. The van der Waals surface area contributed by atoms with E-state index in [-0.39, 0.29) is 0 Å². The molecule has 2 N–H and O–H groups in total. The van der Waals surface area contributed by atoms with Crippen LogP contribution in [0.1, 0.15) is 29.5 Å². The summed E-state index contributed by atoms with van der Waals surface area (Å²) in [5.74, 6) is 0.569. The lowest BCUT2D eigenvalue weighted by atomic mass is 9.97. The fourth-order valence-electron chi connectivity index (χ4n) is 3.10. The third kappa shape index (κ3) is 4.92. The average Bonchev–Trinajstić information content (AvgIpc) is 2.71. The summed E-state index contributed by atoms with van der Waals surface area (Å²) < 4.78 is 0. The quantitative estimate of drug-likeness (QED) is 0.811. The molecule has 0 amide bonds. The molecule has 0 saturated carbocycles. The van der Waals surface area contributed by atoms with Crippen molar-refractivity contribution < 1.29 is 0 Å². The van der Waals surface area contributed by atoms with Crippen molar-refractivity contribution in [2.45, 2.75) is 18.4 Å². The molecule has 124 valence electrons. The Labute approximate surface area is 145 Å². The summed E-state index contributed by atoms with van der Waals surface area (Å²) in [5, 5.41) is 6.80. The van der Waals surface area contributed by atoms with Crippen LogP contribution in [0.5, 0.6) is 0 Å². The third-order valence-corrected chi connectivity index (χ3v) is 4.45. The van der Waals surface area contributed by atoms with Gasteiger partial charge in [-0.05, 0) is 17.5 Å². The van der Waals surface area contributed by atoms with Crippen molar-refractivity contribution in [1.29, 1.82) is 0 Å². The summed E-state index contributed by atoms with van der Waals surface area (Å²) in [6, 6.07) is 21.7. The van der Waals surface area contributed by atoms with E-state index in [0.717, 1.165) is 26.1 Å². The van der Waals surface area contributed by atoms with Crippen LogP contribution >= 0.6 is 0 Å². The van der Waals surface area contributed by atoms with Gasteiger partial charge >= 0.3 is 0 Å². The molecule has 2 unspecified atom stereocenters. The minimum Gasteiger partial charge on any atom is -0.312 e. The van der Waals surface area contributed by atoms with E-state index in [1.165, 1.54) is 11.1 Å². The van der Waals surface area contributed by atoms with Crippen molar-refractivity contribution in [3.05, 3.63) is 96.1 Å². The molecule has 2 heterocycles. The van der Waals surface area contributed by atoms with Crippen LogP contribution in [0, 0.1) is 0 Å². The van der Waals surface area contributed by atoms with Gasteiger partial charge in [0.25, 0.3) is 0 Å². The van der Waals surface area contributed by atoms with Gasteiger partial charge in [0.2, 0.25) is 0 Å². The summed E-state index contributed by atoms with van der Waals surface area (Å²) >= 11 is 0. The highest BCUT2D eigenvalue weighted by molar-refractivity contribution is 5.25. The SMILES string of the molecule is C1=CC(c2ccccc2)CNC1.C1=CCC(c2ccccc2)NC1. The Bertz CT molecular complexity index is 646. The van der Waals surface area contributed by atoms with Crippen molar-refractivity contribution in [3.8, 4) is 0 Å². The van der Waals surface area contributed by atoms with Crippen LogP contribution in [-0.2, 0) is 0 Å². The molecule has 24 heavy (non-hydrogen) atoms. The Morgan fingerprint density at radius 3 is 2.00 bits per heavy atom. The lowest BCUT2D eigenvalue weighted by molar-refractivity contribution is 0.555. The molecule has 2 aliphatic rings. The third-order valence-electron chi connectivity index (χ3n) is 4.45. The van der Waals surface area contributed by atoms with Crippen molar-refractivity contribution in [1.82, 2.24) is 10.6 Å². The summed E-state index contributed by atoms with van der Waals surface area (Å²) in [7, 11) is 0. The van der Waals surface area contributed by atoms with Gasteiger partial charge < -0.3 is 10.6 Å². The first-order chi connectivity index (χ1) is 11.9. The molecule has 2 aromatic carbocycles. The van der Waals surface area contributed by atoms with Crippen molar-refractivity contribution in [2.75, 3.05) is 19.6 Å². The number of nitrogens with one attached hydrogen (secondary N) is 2. The van der Waals surface area contributed by atoms with Crippen molar-refractivity contribution in [3.63, 3.8) is 0 Å². The topological polar surface area (TPSA) is 24.1 Å². The first kappa shape index (κ1) is 16.7. The average molecular weight is 318 g/mol. The maximum atomic E-state index is 3.45. The van der Waals surface area contributed by atoms with E-state index >= 15 is 0 Å². The van der Waals surface area contributed by atoms with Gasteiger partial charge in [0.1, 0.15) is 0 Å². The summed E-state index contributed by atoms with van der Waals surface area (Å²) in [6.45, 7) is 3.09. The highest BCUT2D eigenvalue weighted by Gasteiger charge is 2.10. The van der Waals surface area contributed by atoms with Crippen LogP contribution in [0.2, 0.25) is 0 Å². The van der Waals surface area contributed by atoms with Gasteiger partial charge in [0.05, 0.1) is 0 Å². The number of rotatable bonds is 2. The Morgan fingerprint density at radius 1 is 0.708 bits per heavy atom. The highest BCUT2D eigenvalue weighted by atomic mass is 14.9. The molecule has 2 aromatic rings. The lowest BCUT2D eigenvalue weighted by Gasteiger charge is -2.19. The largest absolute Gasteiger partial charge is 0.312 e. The second-order valence-electron chi connectivity index (χ2n) is 6.18. The van der Waals surface area contributed by atoms with E-state index in [9.17, 15) is 0 Å². The van der Waals surface area contributed by atoms with Gasteiger partial charge in [-0.1, -0.05) is 85.0 Å². The standard InChI is InChI=1S/2C11H13N/c1-2-6-10(7-3-1)11-8-4-5-9-12-11;1-2-5-10(6-3-1)11-7-4-8-12-9-11/h2*1-7,11-12H,8-9H2. The smallest absolute Gasteiger partial charge is 0.0357 e. The van der Waals surface area contributed by atoms with Crippen molar-refractivity contribution >= 4 is 0 Å². The molecular formula is C22H26N2. The molecule has 0 aromatic heterocycles. The van der Waals surface area contributed by atoms with E-state index in [4.69, 9.17) is 0 Å². The molecule has 0 spiro atoms. The molecule has 2 heteroatoms. The fourth-order valence-corrected chi connectivity index (χ4v) is 3.10. The van der Waals surface area contributed by atoms with Crippen LogP contribution in [0.4, 0.5) is 0 Å². The molecule has 0 radical (unpaired) electrons. The molecule has 0 bridgehead atoms. The van der Waals surface area contributed by atoms with Gasteiger partial charge in [0, 0.05) is 31.6 Å². The van der Waals surface area contributed by atoms with Crippen LogP contribution in [-0.4, -0.2) is 19.6 Å². The number of hydrogen-bond acceptors (Lipinski definition) is 2. The van der Waals surface area contributed by atoms with Gasteiger partial charge in [-0.25, -0.2) is 0 Å². The molecule has 0 fully saturated rings. The normalized spacial score (nSPS) is 22.5. The zero-order valence-corrected chi connectivity index (χ0v) is 14.1. The second-order valence-corrected chi connectivity index (χ2v) is 6.18. The van der Waals surface area contributed by atoms with Gasteiger partial charge in [-0.15, -0.1) is 0 Å². The van der Waals surface area contributed by atoms with Gasteiger partial charge in [-0.2, -0.15) is 0 Å². The predicted octanol–water partition coefficient (Wildman–Crippen LogP) is 4.21. The predicted molar refractivity (Wildman–Crippen MR) is 102 cm³/mol. The minimum absolute atomic E-state index is 0.524. The highest BCUT2D eigenvalue weighted by Crippen LogP contribution is 2.18. The Morgan fingerprint density at radius 2 is 1.42 bits per heavy atom. The van der Waals surface area contributed by atoms with Gasteiger partial charge in [0.15, 0.2) is 0 Å². The molecule has 0 saturated heterocycles. The second kappa shape index (κ2) is 9.21. The summed E-state index contributed by atoms with van der Waals surface area (Å²) in [4.78, 5) is 0. The molecule has 0 aliphatic carbocycles. The van der Waals surface area contributed by atoms with Crippen LogP contribution < -0.4 is 10.6 Å². The first-order valence-electron chi connectivity index (χ1n) is 8.79. The van der Waals surface area contributed by atoms with Crippen LogP contribution in [0.15, 0.2) is 85.0 Å². The fraction of sp³-hybridized carbons (Fsp3) is 0.273. The van der Waals surface area contributed by atoms with E-state index in [1.54, 1.807) is 0 Å². The Balaban J connectivity index is 0.000000141. The van der Waals surface area contributed by atoms with E-state index in [0.29, 0.717) is 12.0 Å². The number of benzene rings is 2. The number of hydrogen-bond donors (Lipinski definition) is 2. The summed E-state index contributed by atoms with van der Waals surface area (Å²) in [6.07, 6.45) is 10.0. The zero-order chi connectivity index (χ0) is 16.5. The maximum Gasteiger partial charge on any atom is 0.0357 e. The molecule has 2 aliphatic heterocycles. The maximum absolute atomic E-state index is 3.45.